The number of carbonyl (C=O) groups excluding carboxylic acids is 4. The summed E-state index contributed by atoms with van der Waals surface area (Å²) in [6.45, 7) is 5.35. The molecule has 0 spiro atoms. The van der Waals surface area contributed by atoms with Crippen molar-refractivity contribution in [3.05, 3.63) is 77.6 Å². The number of aromatic nitrogens is 3. The van der Waals surface area contributed by atoms with E-state index in [1.54, 1.807) is 36.0 Å². The number of aryl methyl sites for hydroxylation is 1. The van der Waals surface area contributed by atoms with Crippen molar-refractivity contribution >= 4 is 23.6 Å². The summed E-state index contributed by atoms with van der Waals surface area (Å²) in [5.74, 6) is -1.43. The van der Waals surface area contributed by atoms with E-state index >= 15 is 0 Å². The van der Waals surface area contributed by atoms with Crippen LogP contribution in [0.4, 0.5) is 0 Å². The molecule has 4 amide bonds. The molecule has 13 heteroatoms. The van der Waals surface area contributed by atoms with Gasteiger partial charge in [0, 0.05) is 33.1 Å². The molecule has 0 unspecified atom stereocenters. The van der Waals surface area contributed by atoms with Crippen LogP contribution in [0.25, 0.3) is 0 Å². The van der Waals surface area contributed by atoms with Gasteiger partial charge in [-0.1, -0.05) is 87.2 Å². The van der Waals surface area contributed by atoms with E-state index in [9.17, 15) is 24.3 Å². The lowest BCUT2D eigenvalue weighted by atomic mass is 10.00. The van der Waals surface area contributed by atoms with Gasteiger partial charge >= 0.3 is 0 Å². The number of rotatable bonds is 4. The summed E-state index contributed by atoms with van der Waals surface area (Å²) in [4.78, 5) is 58.8. The normalized spacial score (nSPS) is 23.4. The fourth-order valence-corrected chi connectivity index (χ4v) is 6.94. The molecule has 2 bridgehead atoms. The molecule has 3 heterocycles. The topological polar surface area (TPSA) is 159 Å². The molecule has 3 aromatic rings. The predicted molar refractivity (Wildman–Crippen MR) is 195 cm³/mol. The summed E-state index contributed by atoms with van der Waals surface area (Å²) in [7, 11) is 1.56. The van der Waals surface area contributed by atoms with Gasteiger partial charge in [-0.15, -0.1) is 5.10 Å². The molecule has 5 rings (SSSR count). The Labute approximate surface area is 306 Å². The Kier molecular flexibility index (Phi) is 13.8. The maximum Gasteiger partial charge on any atom is 0.255 e. The van der Waals surface area contributed by atoms with Crippen molar-refractivity contribution in [2.45, 2.75) is 109 Å². The second kappa shape index (κ2) is 18.6. The van der Waals surface area contributed by atoms with Crippen LogP contribution in [-0.4, -0.2) is 97.9 Å². The average Bonchev–Trinajstić information content (AvgIpc) is 3.76. The second-order valence-corrected chi connectivity index (χ2v) is 14.3. The van der Waals surface area contributed by atoms with Crippen LogP contribution in [0.1, 0.15) is 86.8 Å². The minimum Gasteiger partial charge on any atom is -0.486 e. The lowest BCUT2D eigenvalue weighted by Crippen LogP contribution is -2.59. The van der Waals surface area contributed by atoms with Crippen LogP contribution in [0.3, 0.4) is 0 Å². The largest absolute Gasteiger partial charge is 0.486 e. The number of ether oxygens (including phenoxy) is 1. The van der Waals surface area contributed by atoms with Crippen LogP contribution < -0.4 is 15.4 Å². The van der Waals surface area contributed by atoms with Crippen LogP contribution in [-0.2, 0) is 34.0 Å². The fourth-order valence-electron chi connectivity index (χ4n) is 6.94. The van der Waals surface area contributed by atoms with Gasteiger partial charge < -0.3 is 30.3 Å². The number of para-hydroxylation sites is 1. The number of amides is 4. The van der Waals surface area contributed by atoms with Crippen molar-refractivity contribution < 1.29 is 29.0 Å². The standard InChI is InChI=1S/C39H53N7O6/c1-27(2)23-31-38(50)46-22-19-33(47)35(46)39(51)44(3)32(24-28-15-9-8-10-16-28)37(49)40-20-13-6-4-5-7-14-21-45-25-29(42-43-45)26-52-34-18-12-11-17-30(34)36(48)41-31/h8-12,15-18,25,27,31-33,35,47H,4-7,13-14,19-24,26H2,1-3H3,(H,40,49)(H,41,48)/t31-,32+,33-,35-/m1/s1. The van der Waals surface area contributed by atoms with Gasteiger partial charge in [-0.3, -0.25) is 23.9 Å². The number of carbonyl (C=O) groups is 4. The van der Waals surface area contributed by atoms with Crippen LogP contribution in [0.2, 0.25) is 0 Å². The van der Waals surface area contributed by atoms with Crippen LogP contribution in [0, 0.1) is 5.92 Å². The maximum atomic E-state index is 14.3. The highest BCUT2D eigenvalue weighted by atomic mass is 16.5. The molecule has 1 saturated heterocycles. The number of nitrogens with one attached hydrogen (secondary N) is 2. The minimum absolute atomic E-state index is 0.0204. The molecule has 0 radical (unpaired) electrons. The van der Waals surface area contributed by atoms with E-state index in [0.29, 0.717) is 24.4 Å². The zero-order chi connectivity index (χ0) is 37.0. The van der Waals surface area contributed by atoms with Crippen molar-refractivity contribution in [1.82, 2.24) is 35.4 Å². The number of aliphatic hydroxyl groups is 1. The molecular weight excluding hydrogens is 662 g/mol. The summed E-state index contributed by atoms with van der Waals surface area (Å²) in [5, 5.41) is 25.6. The van der Waals surface area contributed by atoms with Gasteiger partial charge in [0.2, 0.25) is 17.7 Å². The number of fused-ring (bicyclic) bond motifs is 4. The third-order valence-corrected chi connectivity index (χ3v) is 9.81. The molecule has 4 atom stereocenters. The van der Waals surface area contributed by atoms with Gasteiger partial charge in [0.1, 0.15) is 36.2 Å². The van der Waals surface area contributed by atoms with Crippen LogP contribution in [0.15, 0.2) is 60.8 Å². The molecule has 1 fully saturated rings. The molecule has 0 aliphatic carbocycles. The number of likely N-dealkylation sites (N-methyl/N-ethyl adjacent to an activating group) is 1. The highest BCUT2D eigenvalue weighted by Gasteiger charge is 2.46. The third kappa shape index (κ3) is 10.2. The molecule has 13 nitrogen and oxygen atoms in total. The molecule has 2 aliphatic heterocycles. The Balaban J connectivity index is 1.42. The zero-order valence-electron chi connectivity index (χ0n) is 30.6. The van der Waals surface area contributed by atoms with E-state index in [-0.39, 0.29) is 43.4 Å². The lowest BCUT2D eigenvalue weighted by molar-refractivity contribution is -0.150. The van der Waals surface area contributed by atoms with E-state index in [1.165, 1.54) is 9.80 Å². The van der Waals surface area contributed by atoms with Gasteiger partial charge in [0.25, 0.3) is 5.91 Å². The van der Waals surface area contributed by atoms with Gasteiger partial charge in [-0.05, 0) is 49.3 Å². The molecule has 2 aliphatic rings. The second-order valence-electron chi connectivity index (χ2n) is 14.3. The smallest absolute Gasteiger partial charge is 0.255 e. The molecule has 3 N–H and O–H groups in total. The lowest BCUT2D eigenvalue weighted by Gasteiger charge is -2.35. The van der Waals surface area contributed by atoms with E-state index in [1.807, 2.05) is 50.4 Å². The minimum atomic E-state index is -1.21. The summed E-state index contributed by atoms with van der Waals surface area (Å²) in [6.07, 6.45) is 7.33. The van der Waals surface area contributed by atoms with Crippen molar-refractivity contribution in [1.29, 1.82) is 0 Å². The third-order valence-electron chi connectivity index (χ3n) is 9.81. The van der Waals surface area contributed by atoms with Crippen molar-refractivity contribution in [3.63, 3.8) is 0 Å². The van der Waals surface area contributed by atoms with Crippen molar-refractivity contribution in [2.75, 3.05) is 20.1 Å². The Hall–Kier alpha value is -4.78. The zero-order valence-corrected chi connectivity index (χ0v) is 30.6. The molecule has 280 valence electrons. The van der Waals surface area contributed by atoms with Crippen molar-refractivity contribution in [3.8, 4) is 5.75 Å². The molecule has 0 saturated carbocycles. The number of aliphatic hydroxyl groups excluding tert-OH is 1. The average molecular weight is 716 g/mol. The summed E-state index contributed by atoms with van der Waals surface area (Å²) < 4.78 is 7.84. The SMILES string of the molecule is CC(C)C[C@H]1NC(=O)c2ccccc2OCc2cn(nn2)CCCCCCCCNC(=O)[C@H](Cc2ccccc2)N(C)C(=O)[C@H]2[C@H](O)CCN2C1=O. The van der Waals surface area contributed by atoms with E-state index < -0.39 is 42.0 Å². The number of nitrogens with zero attached hydrogens (tertiary/aromatic N) is 5. The van der Waals surface area contributed by atoms with E-state index in [0.717, 1.165) is 50.6 Å². The highest BCUT2D eigenvalue weighted by Crippen LogP contribution is 2.25. The number of benzene rings is 2. The quantitative estimate of drug-likeness (QED) is 0.371. The number of hydrogen-bond acceptors (Lipinski definition) is 8. The molecular formula is C39H53N7O6. The Bertz CT molecular complexity index is 1650. The van der Waals surface area contributed by atoms with Gasteiger partial charge in [0.05, 0.1) is 17.9 Å². The molecule has 1 aromatic heterocycles. The van der Waals surface area contributed by atoms with E-state index in [4.69, 9.17) is 4.74 Å². The Morgan fingerprint density at radius 3 is 2.38 bits per heavy atom. The Morgan fingerprint density at radius 1 is 0.904 bits per heavy atom. The molecule has 2 aromatic carbocycles. The highest BCUT2D eigenvalue weighted by molar-refractivity contribution is 6.00. The van der Waals surface area contributed by atoms with Gasteiger partial charge in [0.15, 0.2) is 0 Å². The first kappa shape index (κ1) is 38.5. The molecule has 52 heavy (non-hydrogen) atoms. The Morgan fingerprint density at radius 2 is 1.62 bits per heavy atom. The predicted octanol–water partition coefficient (Wildman–Crippen LogP) is 3.50. The van der Waals surface area contributed by atoms with Crippen LogP contribution >= 0.6 is 0 Å². The van der Waals surface area contributed by atoms with E-state index in [2.05, 4.69) is 20.9 Å². The maximum absolute atomic E-state index is 14.3. The summed E-state index contributed by atoms with van der Waals surface area (Å²) in [5.41, 5.74) is 1.76. The summed E-state index contributed by atoms with van der Waals surface area (Å²) in [6, 6.07) is 13.2. The monoisotopic (exact) mass is 715 g/mol. The van der Waals surface area contributed by atoms with Gasteiger partial charge in [-0.2, -0.15) is 0 Å². The number of hydrogen-bond donors (Lipinski definition) is 3. The fraction of sp³-hybridized carbons (Fsp3) is 0.538. The van der Waals surface area contributed by atoms with Gasteiger partial charge in [-0.25, -0.2) is 0 Å². The van der Waals surface area contributed by atoms with Crippen molar-refractivity contribution in [2.24, 2.45) is 5.92 Å². The van der Waals surface area contributed by atoms with Crippen LogP contribution in [0.5, 0.6) is 5.75 Å². The first-order chi connectivity index (χ1) is 25.1. The summed E-state index contributed by atoms with van der Waals surface area (Å²) >= 11 is 0. The first-order valence-electron chi connectivity index (χ1n) is 18.6. The first-order valence-corrected chi connectivity index (χ1v) is 18.6.